The first-order chi connectivity index (χ1) is 13.0. The highest BCUT2D eigenvalue weighted by Crippen LogP contribution is 2.30. The highest BCUT2D eigenvalue weighted by Gasteiger charge is 2.19. The summed E-state index contributed by atoms with van der Waals surface area (Å²) in [6.07, 6.45) is 0. The van der Waals surface area contributed by atoms with Crippen molar-refractivity contribution in [2.45, 2.75) is 6.92 Å². The maximum absolute atomic E-state index is 12.9. The second kappa shape index (κ2) is 6.89. The van der Waals surface area contributed by atoms with Crippen LogP contribution in [0.15, 0.2) is 60.7 Å². The number of hydrogen-bond donors (Lipinski definition) is 0. The molecule has 1 amide bonds. The van der Waals surface area contributed by atoms with E-state index in [0.29, 0.717) is 4.88 Å². The lowest BCUT2D eigenvalue weighted by molar-refractivity contribution is 0.0997. The van der Waals surface area contributed by atoms with E-state index in [9.17, 15) is 4.79 Å². The minimum atomic E-state index is -0.0349. The normalized spacial score (nSPS) is 10.9. The van der Waals surface area contributed by atoms with Crippen LogP contribution < -0.4 is 9.64 Å². The zero-order valence-corrected chi connectivity index (χ0v) is 16.2. The van der Waals surface area contributed by atoms with E-state index in [0.717, 1.165) is 33.1 Å². The number of aryl methyl sites for hydroxylation is 2. The number of amides is 1. The highest BCUT2D eigenvalue weighted by molar-refractivity contribution is 7.20. The van der Waals surface area contributed by atoms with Gasteiger partial charge in [-0.25, -0.2) is 0 Å². The first kappa shape index (κ1) is 17.3. The third-order valence-corrected chi connectivity index (χ3v) is 5.60. The average molecular weight is 377 g/mol. The van der Waals surface area contributed by atoms with E-state index in [1.807, 2.05) is 79.3 Å². The Kier molecular flexibility index (Phi) is 4.41. The zero-order chi connectivity index (χ0) is 19.0. The number of anilines is 1. The monoisotopic (exact) mass is 377 g/mol. The van der Waals surface area contributed by atoms with Gasteiger partial charge in [0, 0.05) is 25.2 Å². The van der Waals surface area contributed by atoms with Crippen molar-refractivity contribution in [3.63, 3.8) is 0 Å². The molecule has 0 spiro atoms. The van der Waals surface area contributed by atoms with Gasteiger partial charge in [0.1, 0.15) is 16.3 Å². The van der Waals surface area contributed by atoms with E-state index in [2.05, 4.69) is 5.10 Å². The van der Waals surface area contributed by atoms with Crippen LogP contribution in [-0.4, -0.2) is 22.7 Å². The maximum Gasteiger partial charge on any atom is 0.268 e. The summed E-state index contributed by atoms with van der Waals surface area (Å²) in [5.74, 6) is 1.48. The zero-order valence-electron chi connectivity index (χ0n) is 15.3. The van der Waals surface area contributed by atoms with E-state index >= 15 is 0 Å². The van der Waals surface area contributed by atoms with Crippen LogP contribution in [-0.2, 0) is 7.05 Å². The molecule has 4 aromatic rings. The second-order valence-electron chi connectivity index (χ2n) is 6.31. The lowest BCUT2D eigenvalue weighted by atomic mass is 10.2. The number of hydrogen-bond acceptors (Lipinski definition) is 4. The molecule has 0 aliphatic carbocycles. The standard InChI is InChI=1S/C21H19N3O2S/c1-14-18-13-19(27-21(18)24(3)22-14)20(25)23(2)15-9-11-17(12-10-15)26-16-7-5-4-6-8-16/h4-13H,1-3H3. The lowest BCUT2D eigenvalue weighted by Crippen LogP contribution is -2.25. The first-order valence-corrected chi connectivity index (χ1v) is 9.39. The van der Waals surface area contributed by atoms with Crippen LogP contribution in [0.4, 0.5) is 5.69 Å². The second-order valence-corrected chi connectivity index (χ2v) is 7.34. The number of fused-ring (bicyclic) bond motifs is 1. The number of thiophene rings is 1. The first-order valence-electron chi connectivity index (χ1n) is 8.57. The molecule has 4 rings (SSSR count). The number of carbonyl (C=O) groups excluding carboxylic acids is 1. The number of nitrogens with zero attached hydrogens (tertiary/aromatic N) is 3. The van der Waals surface area contributed by atoms with Crippen LogP contribution in [0.2, 0.25) is 0 Å². The van der Waals surface area contributed by atoms with Gasteiger partial charge in [-0.05, 0) is 49.4 Å². The number of aromatic nitrogens is 2. The Morgan fingerprint density at radius 3 is 2.41 bits per heavy atom. The smallest absolute Gasteiger partial charge is 0.268 e. The molecule has 0 radical (unpaired) electrons. The van der Waals surface area contributed by atoms with Gasteiger partial charge in [-0.1, -0.05) is 18.2 Å². The van der Waals surface area contributed by atoms with Crippen molar-refractivity contribution in [2.24, 2.45) is 7.05 Å². The average Bonchev–Trinajstić information content (AvgIpc) is 3.24. The molecule has 6 heteroatoms. The predicted molar refractivity (Wildman–Crippen MR) is 109 cm³/mol. The summed E-state index contributed by atoms with van der Waals surface area (Å²) in [5, 5.41) is 5.42. The number of benzene rings is 2. The van der Waals surface area contributed by atoms with E-state index in [4.69, 9.17) is 4.74 Å². The van der Waals surface area contributed by atoms with Gasteiger partial charge >= 0.3 is 0 Å². The molecule has 0 saturated carbocycles. The number of rotatable bonds is 4. The topological polar surface area (TPSA) is 47.4 Å². The van der Waals surface area contributed by atoms with Crippen molar-refractivity contribution in [1.29, 1.82) is 0 Å². The Morgan fingerprint density at radius 1 is 1.07 bits per heavy atom. The molecular formula is C21H19N3O2S. The molecule has 2 aromatic heterocycles. The van der Waals surface area contributed by atoms with Crippen LogP contribution in [0.25, 0.3) is 10.2 Å². The number of ether oxygens (including phenoxy) is 1. The molecule has 0 bridgehead atoms. The molecule has 27 heavy (non-hydrogen) atoms. The van der Waals surface area contributed by atoms with E-state index in [1.54, 1.807) is 11.9 Å². The van der Waals surface area contributed by atoms with Gasteiger partial charge in [0.05, 0.1) is 10.6 Å². The molecule has 0 aliphatic rings. The third kappa shape index (κ3) is 3.31. The molecule has 0 saturated heterocycles. The van der Waals surface area contributed by atoms with Crippen LogP contribution in [0.1, 0.15) is 15.4 Å². The molecule has 136 valence electrons. The quantitative estimate of drug-likeness (QED) is 0.502. The van der Waals surface area contributed by atoms with E-state index in [1.165, 1.54) is 11.3 Å². The van der Waals surface area contributed by atoms with Gasteiger partial charge < -0.3 is 9.64 Å². The Labute approximate surface area is 161 Å². The summed E-state index contributed by atoms with van der Waals surface area (Å²) in [4.78, 5) is 16.3. The molecule has 5 nitrogen and oxygen atoms in total. The van der Waals surface area contributed by atoms with E-state index in [-0.39, 0.29) is 5.91 Å². The van der Waals surface area contributed by atoms with Crippen LogP contribution in [0, 0.1) is 6.92 Å². The molecule has 2 aromatic carbocycles. The number of para-hydroxylation sites is 1. The van der Waals surface area contributed by atoms with Gasteiger partial charge in [0.15, 0.2) is 0 Å². The summed E-state index contributed by atoms with van der Waals surface area (Å²) < 4.78 is 7.62. The summed E-state index contributed by atoms with van der Waals surface area (Å²) in [6, 6.07) is 19.0. The molecule has 0 aliphatic heterocycles. The van der Waals surface area contributed by atoms with Crippen molar-refractivity contribution in [2.75, 3.05) is 11.9 Å². The Bertz CT molecular complexity index is 1060. The third-order valence-electron chi connectivity index (χ3n) is 4.41. The van der Waals surface area contributed by atoms with Crippen molar-refractivity contribution >= 4 is 33.1 Å². The van der Waals surface area contributed by atoms with Crippen molar-refractivity contribution in [3.8, 4) is 11.5 Å². The fourth-order valence-electron chi connectivity index (χ4n) is 2.96. The summed E-state index contributed by atoms with van der Waals surface area (Å²) in [6.45, 7) is 1.96. The summed E-state index contributed by atoms with van der Waals surface area (Å²) in [5.41, 5.74) is 1.75. The molecule has 0 fully saturated rings. The molecule has 0 N–H and O–H groups in total. The van der Waals surface area contributed by atoms with Crippen molar-refractivity contribution < 1.29 is 9.53 Å². The van der Waals surface area contributed by atoms with E-state index < -0.39 is 0 Å². The fraction of sp³-hybridized carbons (Fsp3) is 0.143. The van der Waals surface area contributed by atoms with Gasteiger partial charge in [0.2, 0.25) is 0 Å². The minimum Gasteiger partial charge on any atom is -0.457 e. The largest absolute Gasteiger partial charge is 0.457 e. The lowest BCUT2D eigenvalue weighted by Gasteiger charge is -2.17. The van der Waals surface area contributed by atoms with Gasteiger partial charge in [-0.15, -0.1) is 11.3 Å². The predicted octanol–water partition coefficient (Wildman–Crippen LogP) is 5.01. The molecule has 2 heterocycles. The van der Waals surface area contributed by atoms with Gasteiger partial charge in [0.25, 0.3) is 5.91 Å². The SMILES string of the molecule is Cc1nn(C)c2sc(C(=O)N(C)c3ccc(Oc4ccccc4)cc3)cc12. The minimum absolute atomic E-state index is 0.0349. The Morgan fingerprint density at radius 2 is 1.74 bits per heavy atom. The summed E-state index contributed by atoms with van der Waals surface area (Å²) >= 11 is 1.47. The highest BCUT2D eigenvalue weighted by atomic mass is 32.1. The maximum atomic E-state index is 12.9. The van der Waals surface area contributed by atoms with Crippen LogP contribution >= 0.6 is 11.3 Å². The van der Waals surface area contributed by atoms with Crippen molar-refractivity contribution in [3.05, 3.63) is 71.2 Å². The van der Waals surface area contributed by atoms with Gasteiger partial charge in [-0.2, -0.15) is 5.10 Å². The Balaban J connectivity index is 1.53. The van der Waals surface area contributed by atoms with Crippen LogP contribution in [0.3, 0.4) is 0 Å². The summed E-state index contributed by atoms with van der Waals surface area (Å²) in [7, 11) is 3.68. The van der Waals surface area contributed by atoms with Crippen molar-refractivity contribution in [1.82, 2.24) is 9.78 Å². The molecule has 0 atom stereocenters. The number of carbonyl (C=O) groups is 1. The van der Waals surface area contributed by atoms with Crippen LogP contribution in [0.5, 0.6) is 11.5 Å². The fourth-order valence-corrected chi connectivity index (χ4v) is 4.05. The molecular weight excluding hydrogens is 358 g/mol. The Hall–Kier alpha value is -3.12. The van der Waals surface area contributed by atoms with Gasteiger partial charge in [-0.3, -0.25) is 9.48 Å². The molecule has 0 unspecified atom stereocenters.